The predicted octanol–water partition coefficient (Wildman–Crippen LogP) is 17.5. The van der Waals surface area contributed by atoms with Crippen LogP contribution in [0.1, 0.15) is 304 Å². The topological polar surface area (TPSA) is 76.1 Å². The number of rotatable bonds is 53. The van der Waals surface area contributed by atoms with Crippen molar-refractivity contribution >= 4 is 11.9 Å². The third-order valence-corrected chi connectivity index (χ3v) is 13.6. The van der Waals surface area contributed by atoms with E-state index < -0.39 is 0 Å². The first-order valence-electron chi connectivity index (χ1n) is 28.7. The molecule has 0 amide bonds. The van der Waals surface area contributed by atoms with E-state index >= 15 is 0 Å². The number of carbonyl (C=O) groups is 2. The summed E-state index contributed by atoms with van der Waals surface area (Å²) < 4.78 is 11.8. The third kappa shape index (κ3) is 44.5. The Morgan fingerprint density at radius 1 is 0.333 bits per heavy atom. The lowest BCUT2D eigenvalue weighted by Gasteiger charge is -2.22. The number of hydrogen-bond acceptors (Lipinski definition) is 6. The first-order valence-corrected chi connectivity index (χ1v) is 28.7. The van der Waals surface area contributed by atoms with Crippen LogP contribution in [-0.2, 0) is 19.1 Å². The Bertz CT molecular complexity index is 913. The maximum atomic E-state index is 13.2. The van der Waals surface area contributed by atoms with Gasteiger partial charge < -0.3 is 19.5 Å². The number of hydrogen-bond donors (Lipinski definition) is 1. The number of esters is 2. The summed E-state index contributed by atoms with van der Waals surface area (Å²) in [6.07, 6.45) is 52.3. The minimum Gasteiger partial charge on any atom is -0.465 e. The molecular weight excluding hydrogens is 779 g/mol. The lowest BCUT2D eigenvalue weighted by molar-refractivity contribution is -0.150. The van der Waals surface area contributed by atoms with E-state index in [1.807, 2.05) is 0 Å². The number of nitrogens with zero attached hydrogens (tertiary/aromatic N) is 1. The van der Waals surface area contributed by atoms with Crippen molar-refractivity contribution in [3.63, 3.8) is 0 Å². The second-order valence-electron chi connectivity index (χ2n) is 19.8. The molecule has 1 N–H and O–H groups in total. The molecule has 0 aromatic rings. The van der Waals surface area contributed by atoms with Crippen LogP contribution in [0.5, 0.6) is 0 Å². The maximum Gasteiger partial charge on any atom is 0.308 e. The fourth-order valence-corrected chi connectivity index (χ4v) is 9.27. The van der Waals surface area contributed by atoms with Crippen LogP contribution in [0.4, 0.5) is 0 Å². The molecule has 0 spiro atoms. The first-order chi connectivity index (χ1) is 31.0. The van der Waals surface area contributed by atoms with Crippen LogP contribution in [0.15, 0.2) is 0 Å². The number of aliphatic hydroxyl groups is 1. The zero-order valence-corrected chi connectivity index (χ0v) is 43.3. The van der Waals surface area contributed by atoms with Crippen molar-refractivity contribution in [3.8, 4) is 0 Å². The van der Waals surface area contributed by atoms with E-state index in [4.69, 9.17) is 9.47 Å². The number of ether oxygens (including phenoxy) is 2. The summed E-state index contributed by atoms with van der Waals surface area (Å²) in [7, 11) is 0. The Morgan fingerprint density at radius 2 is 0.571 bits per heavy atom. The normalized spacial score (nSPS) is 12.6. The van der Waals surface area contributed by atoms with Crippen LogP contribution in [0.3, 0.4) is 0 Å². The molecule has 0 aliphatic heterocycles. The van der Waals surface area contributed by atoms with Gasteiger partial charge in [0.25, 0.3) is 0 Å². The minimum absolute atomic E-state index is 0.0664. The summed E-state index contributed by atoms with van der Waals surface area (Å²) in [4.78, 5) is 29.0. The molecule has 2 atom stereocenters. The van der Waals surface area contributed by atoms with Gasteiger partial charge in [0.2, 0.25) is 0 Å². The van der Waals surface area contributed by atoms with Crippen LogP contribution >= 0.6 is 0 Å². The van der Waals surface area contributed by atoms with E-state index in [1.54, 1.807) is 0 Å². The Hall–Kier alpha value is -1.14. The lowest BCUT2D eigenvalue weighted by Crippen LogP contribution is -2.27. The van der Waals surface area contributed by atoms with Gasteiger partial charge in [-0.1, -0.05) is 240 Å². The molecule has 0 rings (SSSR count). The van der Waals surface area contributed by atoms with Crippen molar-refractivity contribution < 1.29 is 24.2 Å². The minimum atomic E-state index is 0.0664. The molecule has 2 unspecified atom stereocenters. The van der Waals surface area contributed by atoms with Crippen molar-refractivity contribution in [1.82, 2.24) is 4.90 Å². The molecule has 6 heteroatoms. The summed E-state index contributed by atoms with van der Waals surface area (Å²) in [5, 5.41) is 9.39. The van der Waals surface area contributed by atoms with E-state index in [1.165, 1.54) is 173 Å². The lowest BCUT2D eigenvalue weighted by atomic mass is 9.94. The molecule has 0 heterocycles. The molecule has 0 aromatic carbocycles. The predicted molar refractivity (Wildman–Crippen MR) is 274 cm³/mol. The summed E-state index contributed by atoms with van der Waals surface area (Å²) in [5.74, 6) is 0.310. The molecule has 0 fully saturated rings. The van der Waals surface area contributed by atoms with E-state index in [0.29, 0.717) is 13.2 Å². The van der Waals surface area contributed by atoms with Crippen molar-refractivity contribution in [1.29, 1.82) is 0 Å². The van der Waals surface area contributed by atoms with Gasteiger partial charge in [-0.15, -0.1) is 0 Å². The monoisotopic (exact) mass is 892 g/mol. The molecule has 0 aliphatic rings. The fraction of sp³-hybridized carbons (Fsp3) is 0.965. The van der Waals surface area contributed by atoms with Gasteiger partial charge in [-0.25, -0.2) is 0 Å². The van der Waals surface area contributed by atoms with Gasteiger partial charge in [-0.3, -0.25) is 9.59 Å². The van der Waals surface area contributed by atoms with E-state index in [-0.39, 0.29) is 30.4 Å². The van der Waals surface area contributed by atoms with Crippen molar-refractivity contribution in [2.24, 2.45) is 11.8 Å². The SMILES string of the molecule is CCCCCCCCCCCC(CCCCCCCC)C(=O)OCCCCCCN(CCCCO)CCCCCCOC(=O)C(CCCCCCCC)CCCCCCCCCC. The van der Waals surface area contributed by atoms with Gasteiger partial charge in [0.1, 0.15) is 0 Å². The largest absolute Gasteiger partial charge is 0.465 e. The molecule has 0 aromatic heterocycles. The zero-order valence-electron chi connectivity index (χ0n) is 43.3. The highest BCUT2D eigenvalue weighted by atomic mass is 16.5. The zero-order chi connectivity index (χ0) is 45.9. The molecule has 0 saturated carbocycles. The Morgan fingerprint density at radius 3 is 0.857 bits per heavy atom. The van der Waals surface area contributed by atoms with Crippen LogP contribution in [0.2, 0.25) is 0 Å². The second kappa shape index (κ2) is 51.8. The standard InChI is InChI=1S/C57H113NO5/c1-5-9-13-17-21-23-25-29-37-47-55(45-35-27-20-16-12-8-4)57(61)63-53-43-33-31-39-49-58(50-40-41-51-59)48-38-30-32-42-52-62-56(60)54(44-34-26-19-15-11-7-3)46-36-28-24-22-18-14-10-6-2/h54-55,59H,5-53H2,1-4H3. The molecule has 63 heavy (non-hydrogen) atoms. The molecule has 0 bridgehead atoms. The smallest absolute Gasteiger partial charge is 0.308 e. The van der Waals surface area contributed by atoms with E-state index in [0.717, 1.165) is 122 Å². The quantitative estimate of drug-likeness (QED) is 0.0484. The molecule has 0 saturated heterocycles. The Balaban J connectivity index is 4.49. The Labute approximate surface area is 394 Å². The third-order valence-electron chi connectivity index (χ3n) is 13.6. The molecular formula is C57H113NO5. The number of unbranched alkanes of at least 4 members (excludes halogenated alkanes) is 32. The van der Waals surface area contributed by atoms with Crippen LogP contribution < -0.4 is 0 Å². The molecule has 376 valence electrons. The highest BCUT2D eigenvalue weighted by Gasteiger charge is 2.20. The van der Waals surface area contributed by atoms with Gasteiger partial charge in [0.15, 0.2) is 0 Å². The van der Waals surface area contributed by atoms with Gasteiger partial charge in [0, 0.05) is 6.61 Å². The average molecular weight is 893 g/mol. The van der Waals surface area contributed by atoms with Gasteiger partial charge in [-0.2, -0.15) is 0 Å². The maximum absolute atomic E-state index is 13.2. The van der Waals surface area contributed by atoms with Gasteiger partial charge in [-0.05, 0) is 83.8 Å². The van der Waals surface area contributed by atoms with Crippen molar-refractivity contribution in [2.75, 3.05) is 39.5 Å². The van der Waals surface area contributed by atoms with Crippen LogP contribution in [0, 0.1) is 11.8 Å². The van der Waals surface area contributed by atoms with E-state index in [9.17, 15) is 14.7 Å². The summed E-state index contributed by atoms with van der Waals surface area (Å²) in [6.45, 7) is 13.7. The van der Waals surface area contributed by atoms with Crippen molar-refractivity contribution in [3.05, 3.63) is 0 Å². The van der Waals surface area contributed by atoms with Crippen LogP contribution in [-0.4, -0.2) is 61.4 Å². The number of carbonyl (C=O) groups excluding carboxylic acids is 2. The summed E-state index contributed by atoms with van der Waals surface area (Å²) in [5.41, 5.74) is 0. The van der Waals surface area contributed by atoms with E-state index in [2.05, 4.69) is 32.6 Å². The van der Waals surface area contributed by atoms with Gasteiger partial charge >= 0.3 is 11.9 Å². The first kappa shape index (κ1) is 61.9. The average Bonchev–Trinajstić information content (AvgIpc) is 3.29. The molecule has 0 radical (unpaired) electrons. The van der Waals surface area contributed by atoms with Crippen LogP contribution in [0.25, 0.3) is 0 Å². The highest BCUT2D eigenvalue weighted by molar-refractivity contribution is 5.72. The highest BCUT2D eigenvalue weighted by Crippen LogP contribution is 2.23. The summed E-state index contributed by atoms with van der Waals surface area (Å²) in [6, 6.07) is 0. The second-order valence-corrected chi connectivity index (χ2v) is 19.8. The fourth-order valence-electron chi connectivity index (χ4n) is 9.27. The van der Waals surface area contributed by atoms with Crippen molar-refractivity contribution in [2.45, 2.75) is 304 Å². The summed E-state index contributed by atoms with van der Waals surface area (Å²) >= 11 is 0. The molecule has 0 aliphatic carbocycles. The van der Waals surface area contributed by atoms with Gasteiger partial charge in [0.05, 0.1) is 25.0 Å². The Kier molecular flexibility index (Phi) is 50.9. The number of aliphatic hydroxyl groups excluding tert-OH is 1. The molecule has 6 nitrogen and oxygen atoms in total.